The summed E-state index contributed by atoms with van der Waals surface area (Å²) in [5, 5.41) is 0. The van der Waals surface area contributed by atoms with Gasteiger partial charge in [0.25, 0.3) is 0 Å². The topological polar surface area (TPSA) is 72.2 Å². The molecule has 0 unspecified atom stereocenters. The predicted octanol–water partition coefficient (Wildman–Crippen LogP) is 3.48. The highest BCUT2D eigenvalue weighted by Crippen LogP contribution is 2.24. The van der Waals surface area contributed by atoms with Gasteiger partial charge in [0.15, 0.2) is 5.89 Å². The van der Waals surface area contributed by atoms with E-state index in [9.17, 15) is 8.42 Å². The van der Waals surface area contributed by atoms with Crippen LogP contribution in [0.3, 0.4) is 0 Å². The first-order chi connectivity index (χ1) is 12.0. The molecule has 0 aliphatic rings. The molecular weight excluding hydrogens is 336 g/mol. The lowest BCUT2D eigenvalue weighted by Gasteiger charge is -2.07. The van der Waals surface area contributed by atoms with Crippen LogP contribution in [-0.4, -0.2) is 19.9 Å². The van der Waals surface area contributed by atoms with Crippen molar-refractivity contribution in [2.75, 3.05) is 6.54 Å². The SMILES string of the molecule is Cc1nc(-c2ccc(S(=O)(=O)NCCc3ccccc3)cc2)c(C)o1. The van der Waals surface area contributed by atoms with E-state index in [-0.39, 0.29) is 4.90 Å². The molecule has 1 N–H and O–H groups in total. The van der Waals surface area contributed by atoms with Crippen molar-refractivity contribution in [2.45, 2.75) is 25.2 Å². The second kappa shape index (κ2) is 7.21. The average molecular weight is 356 g/mol. The zero-order valence-electron chi connectivity index (χ0n) is 14.2. The molecule has 6 heteroatoms. The molecule has 0 spiro atoms. The van der Waals surface area contributed by atoms with E-state index in [1.54, 1.807) is 31.2 Å². The monoisotopic (exact) mass is 356 g/mol. The number of aryl methyl sites for hydroxylation is 2. The van der Waals surface area contributed by atoms with Gasteiger partial charge in [-0.3, -0.25) is 0 Å². The third-order valence-electron chi connectivity index (χ3n) is 3.89. The zero-order valence-corrected chi connectivity index (χ0v) is 15.0. The highest BCUT2D eigenvalue weighted by molar-refractivity contribution is 7.89. The van der Waals surface area contributed by atoms with Gasteiger partial charge >= 0.3 is 0 Å². The van der Waals surface area contributed by atoms with Crippen LogP contribution in [0.2, 0.25) is 0 Å². The van der Waals surface area contributed by atoms with Crippen LogP contribution in [0.4, 0.5) is 0 Å². The molecule has 0 fully saturated rings. The zero-order chi connectivity index (χ0) is 17.9. The number of hydrogen-bond acceptors (Lipinski definition) is 4. The first kappa shape index (κ1) is 17.4. The maximum Gasteiger partial charge on any atom is 0.240 e. The van der Waals surface area contributed by atoms with Crippen LogP contribution in [-0.2, 0) is 16.4 Å². The molecule has 0 aliphatic heterocycles. The quantitative estimate of drug-likeness (QED) is 0.734. The van der Waals surface area contributed by atoms with Crippen molar-refractivity contribution in [3.05, 3.63) is 71.8 Å². The molecule has 25 heavy (non-hydrogen) atoms. The maximum atomic E-state index is 12.4. The van der Waals surface area contributed by atoms with E-state index in [0.29, 0.717) is 24.6 Å². The molecule has 3 aromatic rings. The second-order valence-electron chi connectivity index (χ2n) is 5.80. The van der Waals surface area contributed by atoms with Gasteiger partial charge in [-0.2, -0.15) is 0 Å². The molecule has 1 heterocycles. The Morgan fingerprint density at radius 3 is 2.28 bits per heavy atom. The molecule has 0 atom stereocenters. The minimum Gasteiger partial charge on any atom is -0.446 e. The number of oxazole rings is 1. The number of sulfonamides is 1. The number of nitrogens with zero attached hydrogens (tertiary/aromatic N) is 1. The van der Waals surface area contributed by atoms with Crippen LogP contribution >= 0.6 is 0 Å². The van der Waals surface area contributed by atoms with Gasteiger partial charge in [-0.15, -0.1) is 0 Å². The minimum atomic E-state index is -3.53. The van der Waals surface area contributed by atoms with Crippen LogP contribution < -0.4 is 4.72 Å². The lowest BCUT2D eigenvalue weighted by Crippen LogP contribution is -2.25. The normalized spacial score (nSPS) is 11.6. The van der Waals surface area contributed by atoms with E-state index in [4.69, 9.17) is 4.42 Å². The summed E-state index contributed by atoms with van der Waals surface area (Å²) < 4.78 is 32.8. The summed E-state index contributed by atoms with van der Waals surface area (Å²) in [5.74, 6) is 1.31. The molecule has 0 aliphatic carbocycles. The summed E-state index contributed by atoms with van der Waals surface area (Å²) >= 11 is 0. The Balaban J connectivity index is 1.69. The fraction of sp³-hybridized carbons (Fsp3) is 0.211. The van der Waals surface area contributed by atoms with Crippen LogP contribution in [0.25, 0.3) is 11.3 Å². The fourth-order valence-electron chi connectivity index (χ4n) is 2.65. The number of benzene rings is 2. The molecule has 5 nitrogen and oxygen atoms in total. The third kappa shape index (κ3) is 4.15. The Hall–Kier alpha value is -2.44. The summed E-state index contributed by atoms with van der Waals surface area (Å²) in [7, 11) is -3.53. The number of hydrogen-bond donors (Lipinski definition) is 1. The Morgan fingerprint density at radius 2 is 1.68 bits per heavy atom. The molecule has 2 aromatic carbocycles. The molecular formula is C19H20N2O3S. The van der Waals surface area contributed by atoms with E-state index in [0.717, 1.165) is 16.8 Å². The van der Waals surface area contributed by atoms with Crippen LogP contribution in [0.1, 0.15) is 17.2 Å². The summed E-state index contributed by atoms with van der Waals surface area (Å²) in [5.41, 5.74) is 2.66. The first-order valence-electron chi connectivity index (χ1n) is 8.04. The average Bonchev–Trinajstić information content (AvgIpc) is 2.94. The van der Waals surface area contributed by atoms with E-state index in [1.165, 1.54) is 0 Å². The van der Waals surface area contributed by atoms with Gasteiger partial charge in [-0.25, -0.2) is 18.1 Å². The lowest BCUT2D eigenvalue weighted by atomic mass is 10.1. The maximum absolute atomic E-state index is 12.4. The molecule has 130 valence electrons. The molecule has 0 amide bonds. The third-order valence-corrected chi connectivity index (χ3v) is 5.37. The predicted molar refractivity (Wildman–Crippen MR) is 96.7 cm³/mol. The Bertz CT molecular complexity index is 946. The number of nitrogens with one attached hydrogen (secondary N) is 1. The molecule has 0 saturated carbocycles. The Labute approximate surface area is 147 Å². The minimum absolute atomic E-state index is 0.238. The molecule has 0 radical (unpaired) electrons. The van der Waals surface area contributed by atoms with Crippen molar-refractivity contribution in [1.82, 2.24) is 9.71 Å². The summed E-state index contributed by atoms with van der Waals surface area (Å²) in [6.45, 7) is 3.98. The summed E-state index contributed by atoms with van der Waals surface area (Å²) in [6, 6.07) is 16.4. The van der Waals surface area contributed by atoms with Gasteiger partial charge in [0.1, 0.15) is 11.5 Å². The van der Waals surface area contributed by atoms with Gasteiger partial charge in [0.2, 0.25) is 10.0 Å². The van der Waals surface area contributed by atoms with E-state index >= 15 is 0 Å². The molecule has 1 aromatic heterocycles. The Morgan fingerprint density at radius 1 is 1.00 bits per heavy atom. The van der Waals surface area contributed by atoms with Crippen molar-refractivity contribution in [3.8, 4) is 11.3 Å². The molecule has 0 saturated heterocycles. The van der Waals surface area contributed by atoms with Crippen molar-refractivity contribution in [2.24, 2.45) is 0 Å². The number of rotatable bonds is 6. The van der Waals surface area contributed by atoms with Gasteiger partial charge < -0.3 is 4.42 Å². The van der Waals surface area contributed by atoms with Crippen LogP contribution in [0.5, 0.6) is 0 Å². The van der Waals surface area contributed by atoms with Crippen LogP contribution in [0, 0.1) is 13.8 Å². The first-order valence-corrected chi connectivity index (χ1v) is 9.52. The largest absolute Gasteiger partial charge is 0.446 e. The van der Waals surface area contributed by atoms with E-state index in [1.807, 2.05) is 37.3 Å². The molecule has 3 rings (SSSR count). The number of aromatic nitrogens is 1. The summed E-state index contributed by atoms with van der Waals surface area (Å²) in [6.07, 6.45) is 0.648. The van der Waals surface area contributed by atoms with Gasteiger partial charge in [-0.1, -0.05) is 42.5 Å². The van der Waals surface area contributed by atoms with Crippen molar-refractivity contribution < 1.29 is 12.8 Å². The summed E-state index contributed by atoms with van der Waals surface area (Å²) in [4.78, 5) is 4.56. The Kier molecular flexibility index (Phi) is 5.01. The lowest BCUT2D eigenvalue weighted by molar-refractivity contribution is 0.495. The van der Waals surface area contributed by atoms with E-state index in [2.05, 4.69) is 9.71 Å². The highest BCUT2D eigenvalue weighted by Gasteiger charge is 2.15. The second-order valence-corrected chi connectivity index (χ2v) is 7.56. The van der Waals surface area contributed by atoms with E-state index < -0.39 is 10.0 Å². The van der Waals surface area contributed by atoms with Crippen molar-refractivity contribution >= 4 is 10.0 Å². The fourth-order valence-corrected chi connectivity index (χ4v) is 3.68. The standard InChI is InChI=1S/C19H20N2O3S/c1-14-19(21-15(2)24-14)17-8-10-18(11-9-17)25(22,23)20-13-12-16-6-4-3-5-7-16/h3-11,20H,12-13H2,1-2H3. The van der Waals surface area contributed by atoms with Gasteiger partial charge in [0, 0.05) is 19.0 Å². The highest BCUT2D eigenvalue weighted by atomic mass is 32.2. The smallest absolute Gasteiger partial charge is 0.240 e. The van der Waals surface area contributed by atoms with Gasteiger partial charge in [0.05, 0.1) is 4.90 Å². The van der Waals surface area contributed by atoms with Crippen molar-refractivity contribution in [3.63, 3.8) is 0 Å². The van der Waals surface area contributed by atoms with Gasteiger partial charge in [-0.05, 0) is 31.0 Å². The van der Waals surface area contributed by atoms with Crippen molar-refractivity contribution in [1.29, 1.82) is 0 Å². The molecule has 0 bridgehead atoms. The van der Waals surface area contributed by atoms with Crippen LogP contribution in [0.15, 0.2) is 63.9 Å².